The maximum absolute atomic E-state index is 9.24. The molecule has 1 aromatic rings. The molecule has 4 heteroatoms. The molecule has 72 valence electrons. The van der Waals surface area contributed by atoms with Crippen LogP contribution in [0.4, 0.5) is 0 Å². The van der Waals surface area contributed by atoms with Gasteiger partial charge in [0.2, 0.25) is 0 Å². The highest BCUT2D eigenvalue weighted by atomic mass is 16.6. The Bertz CT molecular complexity index is 428. The molecule has 0 bridgehead atoms. The van der Waals surface area contributed by atoms with Gasteiger partial charge in [-0.3, -0.25) is 0 Å². The van der Waals surface area contributed by atoms with E-state index in [9.17, 15) is 5.21 Å². The number of fused-ring (bicyclic) bond motifs is 2. The molecule has 3 rings (SSSR count). The standard InChI is InChI=1S/C10H11N3O/c14-13-11-9-5-7-3-1-2-4-8(7)6-10(9)12-13/h1-6,9-11,13-14H. The molecule has 3 N–H and O–H groups in total. The van der Waals surface area contributed by atoms with Crippen LogP contribution in [0.3, 0.4) is 0 Å². The predicted molar refractivity (Wildman–Crippen MR) is 51.4 cm³/mol. The molecule has 1 heterocycles. The zero-order valence-corrected chi connectivity index (χ0v) is 7.51. The van der Waals surface area contributed by atoms with Crippen molar-refractivity contribution < 1.29 is 10.5 Å². The van der Waals surface area contributed by atoms with Crippen molar-refractivity contribution in [1.82, 2.24) is 5.43 Å². The lowest BCUT2D eigenvalue weighted by atomic mass is 10.0. The van der Waals surface area contributed by atoms with Crippen LogP contribution < -0.4 is 21.1 Å². The van der Waals surface area contributed by atoms with Crippen LogP contribution in [0.5, 0.6) is 0 Å². The summed E-state index contributed by atoms with van der Waals surface area (Å²) in [6.45, 7) is 0. The normalized spacial score (nSPS) is 33.9. The zero-order chi connectivity index (χ0) is 9.54. The topological polar surface area (TPSA) is 50.8 Å². The Labute approximate surface area is 81.0 Å². The molecule has 0 aromatic heterocycles. The Balaban J connectivity index is 2.15. The van der Waals surface area contributed by atoms with Gasteiger partial charge in [-0.25, -0.2) is 5.21 Å². The summed E-state index contributed by atoms with van der Waals surface area (Å²) in [5.74, 6) is 0. The van der Waals surface area contributed by atoms with E-state index < -0.39 is 0 Å². The van der Waals surface area contributed by atoms with Crippen LogP contribution in [-0.4, -0.2) is 17.3 Å². The van der Waals surface area contributed by atoms with E-state index >= 15 is 0 Å². The van der Waals surface area contributed by atoms with Gasteiger partial charge in [-0.2, -0.15) is 5.28 Å². The Morgan fingerprint density at radius 2 is 1.93 bits per heavy atom. The van der Waals surface area contributed by atoms with Gasteiger partial charge in [0.1, 0.15) is 0 Å². The lowest BCUT2D eigenvalue weighted by molar-refractivity contribution is -1.09. The molecule has 4 nitrogen and oxygen atoms in total. The van der Waals surface area contributed by atoms with E-state index in [0.717, 1.165) is 0 Å². The van der Waals surface area contributed by atoms with Gasteiger partial charge in [0, 0.05) is 0 Å². The second-order valence-electron chi connectivity index (χ2n) is 3.58. The van der Waals surface area contributed by atoms with Crippen molar-refractivity contribution in [3.8, 4) is 0 Å². The van der Waals surface area contributed by atoms with Gasteiger partial charge in [0.25, 0.3) is 0 Å². The summed E-state index contributed by atoms with van der Waals surface area (Å²) >= 11 is 0. The fourth-order valence-corrected chi connectivity index (χ4v) is 1.97. The van der Waals surface area contributed by atoms with Crippen molar-refractivity contribution in [1.29, 1.82) is 0 Å². The van der Waals surface area contributed by atoms with E-state index in [1.54, 1.807) is 0 Å². The maximum Gasteiger partial charge on any atom is 0.0682 e. The van der Waals surface area contributed by atoms with E-state index in [1.807, 2.05) is 12.1 Å². The van der Waals surface area contributed by atoms with Crippen LogP contribution in [0.2, 0.25) is 0 Å². The number of hydrogen-bond donors (Lipinski definition) is 3. The van der Waals surface area contributed by atoms with Crippen molar-refractivity contribution in [2.75, 3.05) is 0 Å². The van der Waals surface area contributed by atoms with E-state index in [2.05, 4.69) is 35.1 Å². The van der Waals surface area contributed by atoms with Gasteiger partial charge in [0.05, 0.1) is 6.04 Å². The molecule has 1 aromatic carbocycles. The number of nitrogens with one attached hydrogen (secondary N) is 2. The van der Waals surface area contributed by atoms with E-state index in [-0.39, 0.29) is 17.4 Å². The van der Waals surface area contributed by atoms with Gasteiger partial charge in [-0.1, -0.05) is 36.4 Å². The molecule has 14 heavy (non-hydrogen) atoms. The van der Waals surface area contributed by atoms with E-state index in [0.29, 0.717) is 0 Å². The first-order valence-corrected chi connectivity index (χ1v) is 4.65. The van der Waals surface area contributed by atoms with Crippen LogP contribution in [0.1, 0.15) is 0 Å². The van der Waals surface area contributed by atoms with Gasteiger partial charge in [-0.05, 0) is 16.5 Å². The van der Waals surface area contributed by atoms with Crippen molar-refractivity contribution in [2.45, 2.75) is 12.1 Å². The summed E-state index contributed by atoms with van der Waals surface area (Å²) in [6.07, 6.45) is 4.18. The lowest BCUT2D eigenvalue weighted by Gasteiger charge is -2.18. The molecular weight excluding hydrogens is 178 g/mol. The van der Waals surface area contributed by atoms with Gasteiger partial charge < -0.3 is 5.43 Å². The first-order chi connectivity index (χ1) is 6.83. The lowest BCUT2D eigenvalue weighted by Crippen LogP contribution is -3.10. The summed E-state index contributed by atoms with van der Waals surface area (Å²) in [7, 11) is 0. The minimum Gasteiger partial charge on any atom is -0.388 e. The van der Waals surface area contributed by atoms with Crippen molar-refractivity contribution in [3.63, 3.8) is 0 Å². The van der Waals surface area contributed by atoms with Crippen LogP contribution >= 0.6 is 0 Å². The monoisotopic (exact) mass is 189 g/mol. The minimum absolute atomic E-state index is 0.0420. The zero-order valence-electron chi connectivity index (χ0n) is 7.51. The van der Waals surface area contributed by atoms with E-state index in [4.69, 9.17) is 0 Å². The molecular formula is C10H11N3O. The summed E-state index contributed by atoms with van der Waals surface area (Å²) < 4.78 is 0. The third kappa shape index (κ3) is 1.17. The number of benzene rings is 1. The molecule has 0 saturated carbocycles. The molecule has 2 aliphatic rings. The Morgan fingerprint density at radius 3 is 2.71 bits per heavy atom. The van der Waals surface area contributed by atoms with Crippen LogP contribution in [0.25, 0.3) is 17.6 Å². The van der Waals surface area contributed by atoms with Gasteiger partial charge >= 0.3 is 0 Å². The summed E-state index contributed by atoms with van der Waals surface area (Å²) in [6, 6.07) is 8.32. The number of quaternary nitrogens is 1. The highest BCUT2D eigenvalue weighted by molar-refractivity contribution is 5.51. The highest BCUT2D eigenvalue weighted by Gasteiger charge is 2.24. The molecule has 1 aliphatic carbocycles. The van der Waals surface area contributed by atoms with Crippen molar-refractivity contribution >= 4 is 12.2 Å². The first-order valence-electron chi connectivity index (χ1n) is 4.65. The molecule has 3 unspecified atom stereocenters. The van der Waals surface area contributed by atoms with Gasteiger partial charge in [-0.15, -0.1) is 5.43 Å². The van der Waals surface area contributed by atoms with E-state index in [1.165, 1.54) is 10.4 Å². The quantitative estimate of drug-likeness (QED) is 0.445. The number of hydrogen-bond acceptors (Lipinski definition) is 2. The summed E-state index contributed by atoms with van der Waals surface area (Å²) in [4.78, 5) is 0. The summed E-state index contributed by atoms with van der Waals surface area (Å²) in [5, 5.41) is 11.7. The molecule has 1 aliphatic heterocycles. The summed E-state index contributed by atoms with van der Waals surface area (Å²) in [5.41, 5.74) is 7.00. The number of nitrogens with zero attached hydrogens (tertiary/aromatic N) is 1. The smallest absolute Gasteiger partial charge is 0.0682 e. The van der Waals surface area contributed by atoms with Crippen molar-refractivity contribution in [2.24, 2.45) is 0 Å². The second kappa shape index (κ2) is 2.90. The predicted octanol–water partition coefficient (Wildman–Crippen LogP) is -1.92. The fraction of sp³-hybridized carbons (Fsp3) is 0.200. The maximum atomic E-state index is 9.24. The second-order valence-corrected chi connectivity index (χ2v) is 3.58. The fourth-order valence-electron chi connectivity index (χ4n) is 1.97. The van der Waals surface area contributed by atoms with Crippen molar-refractivity contribution in [3.05, 3.63) is 40.1 Å². The average molecular weight is 189 g/mol. The average Bonchev–Trinajstić information content (AvgIpc) is 2.53. The Kier molecular flexibility index (Phi) is 1.68. The Morgan fingerprint density at radius 1 is 1.21 bits per heavy atom. The SMILES string of the molecule is O[NH+]1[N-]C2C=c3ccccc3=CC2N1. The molecule has 3 atom stereocenters. The van der Waals surface area contributed by atoms with Gasteiger partial charge in [0.15, 0.2) is 0 Å². The molecule has 1 saturated heterocycles. The third-order valence-electron chi connectivity index (χ3n) is 2.64. The molecule has 0 spiro atoms. The molecule has 0 amide bonds. The highest BCUT2D eigenvalue weighted by Crippen LogP contribution is 2.09. The largest absolute Gasteiger partial charge is 0.388 e. The molecule has 1 fully saturated rings. The minimum atomic E-state index is 0.0420. The first kappa shape index (κ1) is 8.14. The number of rotatable bonds is 0. The van der Waals surface area contributed by atoms with Crippen LogP contribution in [-0.2, 0) is 0 Å². The molecule has 0 radical (unpaired) electrons. The third-order valence-corrected chi connectivity index (χ3v) is 2.64. The Hall–Kier alpha value is -1.20. The van der Waals surface area contributed by atoms with Crippen LogP contribution in [0, 0.1) is 0 Å². The van der Waals surface area contributed by atoms with Crippen LogP contribution in [0.15, 0.2) is 24.3 Å².